The number of ketones is 1. The molecule has 1 N–H and O–H groups in total. The van der Waals surface area contributed by atoms with Crippen molar-refractivity contribution in [3.05, 3.63) is 58.9 Å². The second kappa shape index (κ2) is 6.85. The van der Waals surface area contributed by atoms with Gasteiger partial charge in [-0.15, -0.1) is 0 Å². The van der Waals surface area contributed by atoms with Crippen LogP contribution in [0.5, 0.6) is 0 Å². The summed E-state index contributed by atoms with van der Waals surface area (Å²) in [6, 6.07) is 9.75. The summed E-state index contributed by atoms with van der Waals surface area (Å²) in [5, 5.41) is 6.75. The number of aryl methyl sites for hydroxylation is 2. The van der Waals surface area contributed by atoms with Gasteiger partial charge < -0.3 is 5.32 Å². The third kappa shape index (κ3) is 3.49. The van der Waals surface area contributed by atoms with Crippen LogP contribution in [0.25, 0.3) is 6.08 Å². The van der Waals surface area contributed by atoms with E-state index < -0.39 is 11.7 Å². The molecule has 2 aromatic rings. The van der Waals surface area contributed by atoms with Crippen LogP contribution in [-0.4, -0.2) is 28.0 Å². The van der Waals surface area contributed by atoms with Crippen LogP contribution in [0.15, 0.2) is 36.4 Å². The number of carbonyl (C=O) groups is 2. The van der Waals surface area contributed by atoms with E-state index in [2.05, 4.69) is 10.4 Å². The molecule has 2 rings (SSSR count). The highest BCUT2D eigenvalue weighted by atomic mass is 16.2. The van der Waals surface area contributed by atoms with Gasteiger partial charge in [-0.1, -0.05) is 42.5 Å². The number of nitrogens with zero attached hydrogens (tertiary/aromatic N) is 2. The molecule has 5 heteroatoms. The zero-order valence-electron chi connectivity index (χ0n) is 13.0. The molecule has 0 saturated heterocycles. The molecular weight excluding hydrogens is 278 g/mol. The monoisotopic (exact) mass is 297 g/mol. The summed E-state index contributed by atoms with van der Waals surface area (Å²) in [6.07, 6.45) is 3.70. The summed E-state index contributed by atoms with van der Waals surface area (Å²) < 4.78 is 1.60. The highest BCUT2D eigenvalue weighted by molar-refractivity contribution is 6.43. The first-order chi connectivity index (χ1) is 10.5. The summed E-state index contributed by atoms with van der Waals surface area (Å²) in [4.78, 5) is 24.1. The Morgan fingerprint density at radius 3 is 2.50 bits per heavy atom. The van der Waals surface area contributed by atoms with Gasteiger partial charge in [0.25, 0.3) is 11.7 Å². The number of Topliss-reactive ketones (excluding diaryl/α,β-unsaturated/α-hetero) is 1. The minimum atomic E-state index is -0.614. The van der Waals surface area contributed by atoms with Crippen molar-refractivity contribution in [2.24, 2.45) is 7.05 Å². The molecule has 1 aromatic heterocycles. The number of carbonyl (C=O) groups excluding carboxylic acids is 2. The van der Waals surface area contributed by atoms with E-state index in [4.69, 9.17) is 0 Å². The fourth-order valence-electron chi connectivity index (χ4n) is 2.21. The van der Waals surface area contributed by atoms with Gasteiger partial charge in [0.15, 0.2) is 0 Å². The Balaban J connectivity index is 1.95. The van der Waals surface area contributed by atoms with Gasteiger partial charge in [-0.25, -0.2) is 0 Å². The van der Waals surface area contributed by atoms with E-state index in [1.807, 2.05) is 42.5 Å². The third-order valence-electron chi connectivity index (χ3n) is 3.43. The van der Waals surface area contributed by atoms with Gasteiger partial charge in [0.1, 0.15) is 0 Å². The molecule has 0 bridgehead atoms. The molecule has 0 spiro atoms. The van der Waals surface area contributed by atoms with Gasteiger partial charge in [0.05, 0.1) is 11.3 Å². The lowest BCUT2D eigenvalue weighted by Crippen LogP contribution is -2.31. The van der Waals surface area contributed by atoms with Crippen LogP contribution in [-0.2, 0) is 11.8 Å². The summed E-state index contributed by atoms with van der Waals surface area (Å²) in [6.45, 7) is 3.80. The topological polar surface area (TPSA) is 64.0 Å². The maximum atomic E-state index is 12.2. The van der Waals surface area contributed by atoms with Crippen molar-refractivity contribution >= 4 is 17.8 Å². The van der Waals surface area contributed by atoms with Crippen molar-refractivity contribution in [3.8, 4) is 0 Å². The van der Waals surface area contributed by atoms with Crippen LogP contribution in [0.4, 0.5) is 0 Å². The van der Waals surface area contributed by atoms with Gasteiger partial charge in [-0.2, -0.15) is 5.10 Å². The average Bonchev–Trinajstić information content (AvgIpc) is 2.76. The Kier molecular flexibility index (Phi) is 4.88. The molecule has 114 valence electrons. The molecule has 1 heterocycles. The number of benzene rings is 1. The fourth-order valence-corrected chi connectivity index (χ4v) is 2.21. The molecule has 0 unspecified atom stereocenters. The van der Waals surface area contributed by atoms with Crippen molar-refractivity contribution in [2.45, 2.75) is 13.8 Å². The largest absolute Gasteiger partial charge is 0.346 e. The van der Waals surface area contributed by atoms with E-state index in [1.54, 1.807) is 25.6 Å². The molecule has 1 amide bonds. The highest BCUT2D eigenvalue weighted by Crippen LogP contribution is 2.12. The maximum Gasteiger partial charge on any atom is 0.292 e. The van der Waals surface area contributed by atoms with Crippen LogP contribution in [0, 0.1) is 13.8 Å². The fraction of sp³-hybridized carbons (Fsp3) is 0.235. The van der Waals surface area contributed by atoms with Gasteiger partial charge in [0.2, 0.25) is 0 Å². The lowest BCUT2D eigenvalue weighted by molar-refractivity contribution is -0.116. The summed E-state index contributed by atoms with van der Waals surface area (Å²) in [7, 11) is 1.75. The molecule has 22 heavy (non-hydrogen) atoms. The minimum absolute atomic E-state index is 0.303. The molecule has 1 aromatic carbocycles. The number of rotatable bonds is 5. The molecule has 0 fully saturated rings. The molecular formula is C17H19N3O2. The van der Waals surface area contributed by atoms with Crippen molar-refractivity contribution in [1.82, 2.24) is 15.1 Å². The van der Waals surface area contributed by atoms with Crippen LogP contribution in [0.1, 0.15) is 27.3 Å². The molecule has 0 atom stereocenters. The summed E-state index contributed by atoms with van der Waals surface area (Å²) >= 11 is 0. The highest BCUT2D eigenvalue weighted by Gasteiger charge is 2.23. The lowest BCUT2D eigenvalue weighted by atomic mass is 10.1. The number of aromatic nitrogens is 2. The first-order valence-electron chi connectivity index (χ1n) is 7.05. The molecule has 0 saturated carbocycles. The molecule has 0 radical (unpaired) electrons. The number of nitrogens with one attached hydrogen (secondary N) is 1. The summed E-state index contributed by atoms with van der Waals surface area (Å²) in [5.74, 6) is -1.16. The number of hydrogen-bond acceptors (Lipinski definition) is 3. The Morgan fingerprint density at radius 1 is 1.23 bits per heavy atom. The predicted octanol–water partition coefficient (Wildman–Crippen LogP) is 2.05. The predicted molar refractivity (Wildman–Crippen MR) is 85.5 cm³/mol. The minimum Gasteiger partial charge on any atom is -0.346 e. The third-order valence-corrected chi connectivity index (χ3v) is 3.43. The van der Waals surface area contributed by atoms with Crippen molar-refractivity contribution in [3.63, 3.8) is 0 Å². The first kappa shape index (κ1) is 15.7. The lowest BCUT2D eigenvalue weighted by Gasteiger charge is -2.02. The Morgan fingerprint density at radius 2 is 1.91 bits per heavy atom. The van der Waals surface area contributed by atoms with Crippen molar-refractivity contribution in [1.29, 1.82) is 0 Å². The van der Waals surface area contributed by atoms with Gasteiger partial charge in [-0.05, 0) is 19.4 Å². The second-order valence-corrected chi connectivity index (χ2v) is 5.02. The normalized spacial score (nSPS) is 10.9. The Hall–Kier alpha value is -2.69. The smallest absolute Gasteiger partial charge is 0.292 e. The van der Waals surface area contributed by atoms with Crippen molar-refractivity contribution in [2.75, 3.05) is 6.54 Å². The van der Waals surface area contributed by atoms with E-state index >= 15 is 0 Å². The van der Waals surface area contributed by atoms with Crippen LogP contribution < -0.4 is 5.32 Å². The van der Waals surface area contributed by atoms with E-state index in [0.717, 1.165) is 5.56 Å². The molecule has 5 nitrogen and oxygen atoms in total. The quantitative estimate of drug-likeness (QED) is 0.678. The van der Waals surface area contributed by atoms with E-state index in [9.17, 15) is 9.59 Å². The Bertz CT molecular complexity index is 715. The number of amides is 1. The molecule has 0 aliphatic rings. The maximum absolute atomic E-state index is 12.2. The molecule has 0 aliphatic heterocycles. The van der Waals surface area contributed by atoms with Crippen LogP contribution >= 0.6 is 0 Å². The number of hydrogen-bond donors (Lipinski definition) is 1. The van der Waals surface area contributed by atoms with E-state index in [1.165, 1.54) is 0 Å². The zero-order valence-corrected chi connectivity index (χ0v) is 13.0. The SMILES string of the molecule is Cc1nn(C)c(C)c1C(=O)C(=O)NC/C=C/c1ccccc1. The van der Waals surface area contributed by atoms with E-state index in [-0.39, 0.29) is 0 Å². The molecule has 0 aliphatic carbocycles. The van der Waals surface area contributed by atoms with Crippen LogP contribution in [0.3, 0.4) is 0 Å². The van der Waals surface area contributed by atoms with Crippen LogP contribution in [0.2, 0.25) is 0 Å². The van der Waals surface area contributed by atoms with Gasteiger partial charge >= 0.3 is 0 Å². The average molecular weight is 297 g/mol. The van der Waals surface area contributed by atoms with Gasteiger partial charge in [0, 0.05) is 19.3 Å². The van der Waals surface area contributed by atoms with Gasteiger partial charge in [-0.3, -0.25) is 14.3 Å². The Labute approximate surface area is 129 Å². The van der Waals surface area contributed by atoms with E-state index in [0.29, 0.717) is 23.5 Å². The van der Waals surface area contributed by atoms with Crippen molar-refractivity contribution < 1.29 is 9.59 Å². The first-order valence-corrected chi connectivity index (χ1v) is 7.05. The standard InChI is InChI=1S/C17H19N3O2/c1-12-15(13(2)20(3)19-12)16(21)17(22)18-11-7-10-14-8-5-4-6-9-14/h4-10H,11H2,1-3H3,(H,18,22)/b10-7+. The zero-order chi connectivity index (χ0) is 16.1. The second-order valence-electron chi connectivity index (χ2n) is 5.02. The summed E-state index contributed by atoms with van der Waals surface area (Å²) in [5.41, 5.74) is 2.69.